The first-order valence-corrected chi connectivity index (χ1v) is 15.5. The molecule has 9 heteroatoms. The molecule has 0 N–H and O–H groups in total. The summed E-state index contributed by atoms with van der Waals surface area (Å²) < 4.78 is 51.2. The third-order valence-corrected chi connectivity index (χ3v) is 7.40. The zero-order chi connectivity index (χ0) is 24.1. The molecule has 7 nitrogen and oxygen atoms in total. The summed E-state index contributed by atoms with van der Waals surface area (Å²) in [6.45, 7) is 11.5. The summed E-state index contributed by atoms with van der Waals surface area (Å²) in [7, 11) is -3.38. The monoisotopic (exact) mass is 592 g/mol. The fraction of sp³-hybridized carbons (Fsp3) is 1.00. The molecule has 0 bridgehead atoms. The van der Waals surface area contributed by atoms with Crippen molar-refractivity contribution in [1.82, 2.24) is 0 Å². The molecule has 0 atom stereocenters. The van der Waals surface area contributed by atoms with Gasteiger partial charge in [0, 0.05) is 41.9 Å². The van der Waals surface area contributed by atoms with Crippen molar-refractivity contribution in [3.63, 3.8) is 0 Å². The molecular formula is C23H45IO7S. The van der Waals surface area contributed by atoms with E-state index in [-0.39, 0.29) is 18.3 Å². The van der Waals surface area contributed by atoms with Crippen LogP contribution in [0.3, 0.4) is 0 Å². The first-order valence-electron chi connectivity index (χ1n) is 12.1. The third kappa shape index (κ3) is 11.3. The average Bonchev–Trinajstić information content (AvgIpc) is 2.75. The van der Waals surface area contributed by atoms with Gasteiger partial charge in [0.15, 0.2) is 11.6 Å². The van der Waals surface area contributed by atoms with Crippen LogP contribution in [0, 0.1) is 11.8 Å². The van der Waals surface area contributed by atoms with Crippen LogP contribution in [0.5, 0.6) is 0 Å². The van der Waals surface area contributed by atoms with E-state index in [1.165, 1.54) is 0 Å². The van der Waals surface area contributed by atoms with E-state index in [9.17, 15) is 8.42 Å². The van der Waals surface area contributed by atoms with E-state index in [4.69, 9.17) is 23.1 Å². The molecule has 0 spiro atoms. The summed E-state index contributed by atoms with van der Waals surface area (Å²) in [5, 5.41) is 0. The molecule has 2 fully saturated rings. The Balaban J connectivity index is 0.000000330. The molecule has 0 aromatic carbocycles. The first-order chi connectivity index (χ1) is 15.2. The molecule has 2 aliphatic heterocycles. The largest absolute Gasteiger partial charge is 0.350 e. The molecule has 0 saturated carbocycles. The van der Waals surface area contributed by atoms with Gasteiger partial charge in [0.2, 0.25) is 0 Å². The fourth-order valence-corrected chi connectivity index (χ4v) is 4.96. The van der Waals surface area contributed by atoms with Gasteiger partial charge in [0.1, 0.15) is 0 Å². The molecule has 2 saturated heterocycles. The van der Waals surface area contributed by atoms with Crippen molar-refractivity contribution < 1.29 is 31.5 Å². The Morgan fingerprint density at radius 2 is 1.09 bits per heavy atom. The Labute approximate surface area is 209 Å². The Morgan fingerprint density at radius 1 is 0.750 bits per heavy atom. The van der Waals surface area contributed by atoms with Gasteiger partial charge < -0.3 is 18.9 Å². The quantitative estimate of drug-likeness (QED) is 0.173. The van der Waals surface area contributed by atoms with Crippen LogP contribution in [0.25, 0.3) is 0 Å². The standard InChI is InChI=1S/C12H24O5S.C11H21IO2/c1-4-6-12(7-5-2)15-8-11(9-16-12)10-17-18(3,13)14;1-3-5-11(6-4-2)13-8-10(7-12)9-14-11/h11H,4-10H2,1-3H3;10H,3-9H2,1-2H3. The number of alkyl halides is 1. The maximum Gasteiger partial charge on any atom is 0.264 e. The highest BCUT2D eigenvalue weighted by atomic mass is 127. The Hall–Kier alpha value is 0.480. The van der Waals surface area contributed by atoms with Crippen molar-refractivity contribution in [3.8, 4) is 0 Å². The molecule has 0 aliphatic carbocycles. The normalized spacial score (nSPS) is 21.7. The van der Waals surface area contributed by atoms with Gasteiger partial charge in [0.25, 0.3) is 10.1 Å². The minimum absolute atomic E-state index is 0.0124. The Kier molecular flexibility index (Phi) is 14.7. The van der Waals surface area contributed by atoms with Gasteiger partial charge in [-0.2, -0.15) is 8.42 Å². The Morgan fingerprint density at radius 3 is 1.38 bits per heavy atom. The number of hydrogen-bond donors (Lipinski definition) is 0. The lowest BCUT2D eigenvalue weighted by Gasteiger charge is -2.40. The molecule has 0 aromatic heterocycles. The minimum atomic E-state index is -3.38. The number of rotatable bonds is 12. The smallest absolute Gasteiger partial charge is 0.264 e. The summed E-state index contributed by atoms with van der Waals surface area (Å²) >= 11 is 2.40. The van der Waals surface area contributed by atoms with E-state index >= 15 is 0 Å². The predicted octanol–water partition coefficient (Wildman–Crippen LogP) is 5.30. The number of ether oxygens (including phenoxy) is 4. The second-order valence-corrected chi connectivity index (χ2v) is 11.5. The highest BCUT2D eigenvalue weighted by molar-refractivity contribution is 14.1. The predicted molar refractivity (Wildman–Crippen MR) is 136 cm³/mol. The van der Waals surface area contributed by atoms with E-state index in [1.54, 1.807) is 0 Å². The van der Waals surface area contributed by atoms with Gasteiger partial charge in [-0.15, -0.1) is 0 Å². The van der Waals surface area contributed by atoms with E-state index in [1.807, 2.05) is 0 Å². The maximum atomic E-state index is 10.9. The van der Waals surface area contributed by atoms with Crippen molar-refractivity contribution in [2.24, 2.45) is 11.8 Å². The van der Waals surface area contributed by atoms with Crippen LogP contribution in [0.2, 0.25) is 0 Å². The first kappa shape index (κ1) is 30.5. The summed E-state index contributed by atoms with van der Waals surface area (Å²) in [4.78, 5) is 0. The SMILES string of the molecule is CCCC1(CCC)OCC(CI)CO1.CCCC1(CCC)OCC(COS(C)(=O)=O)CO1. The van der Waals surface area contributed by atoms with Crippen molar-refractivity contribution >= 4 is 32.7 Å². The van der Waals surface area contributed by atoms with E-state index in [0.717, 1.165) is 75.3 Å². The minimum Gasteiger partial charge on any atom is -0.350 e. The molecule has 32 heavy (non-hydrogen) atoms. The maximum absolute atomic E-state index is 10.9. The van der Waals surface area contributed by atoms with Crippen LogP contribution in [0.15, 0.2) is 0 Å². The van der Waals surface area contributed by atoms with E-state index in [2.05, 4.69) is 50.3 Å². The van der Waals surface area contributed by atoms with Crippen LogP contribution in [-0.4, -0.2) is 63.7 Å². The van der Waals surface area contributed by atoms with Crippen molar-refractivity contribution in [2.75, 3.05) is 43.7 Å². The van der Waals surface area contributed by atoms with Gasteiger partial charge in [-0.1, -0.05) is 76.0 Å². The molecular weight excluding hydrogens is 547 g/mol. The van der Waals surface area contributed by atoms with Crippen LogP contribution >= 0.6 is 22.6 Å². The molecule has 2 aliphatic rings. The van der Waals surface area contributed by atoms with E-state index in [0.29, 0.717) is 19.1 Å². The van der Waals surface area contributed by atoms with Gasteiger partial charge in [-0.25, -0.2) is 0 Å². The highest BCUT2D eigenvalue weighted by Gasteiger charge is 2.37. The molecule has 0 amide bonds. The summed E-state index contributed by atoms with van der Waals surface area (Å²) in [6.07, 6.45) is 9.15. The van der Waals surface area contributed by atoms with Crippen molar-refractivity contribution in [3.05, 3.63) is 0 Å². The molecule has 2 rings (SSSR count). The lowest BCUT2D eigenvalue weighted by atomic mass is 10.0. The zero-order valence-electron chi connectivity index (χ0n) is 20.7. The highest BCUT2D eigenvalue weighted by Crippen LogP contribution is 2.32. The summed E-state index contributed by atoms with van der Waals surface area (Å²) in [5.41, 5.74) is 0. The van der Waals surface area contributed by atoms with Crippen LogP contribution in [0.4, 0.5) is 0 Å². The summed E-state index contributed by atoms with van der Waals surface area (Å²) in [5.74, 6) is -0.129. The molecule has 2 heterocycles. The van der Waals surface area contributed by atoms with Crippen LogP contribution in [0.1, 0.15) is 79.1 Å². The second-order valence-electron chi connectivity index (χ2n) is 8.94. The lowest BCUT2D eigenvalue weighted by molar-refractivity contribution is -0.291. The van der Waals surface area contributed by atoms with Gasteiger partial charge in [-0.3, -0.25) is 4.18 Å². The number of hydrogen-bond acceptors (Lipinski definition) is 7. The van der Waals surface area contributed by atoms with Crippen LogP contribution < -0.4 is 0 Å². The summed E-state index contributed by atoms with van der Waals surface area (Å²) in [6, 6.07) is 0. The molecule has 192 valence electrons. The second kappa shape index (κ2) is 15.5. The van der Waals surface area contributed by atoms with Crippen LogP contribution in [-0.2, 0) is 33.2 Å². The Bertz CT molecular complexity index is 567. The molecule has 0 unspecified atom stereocenters. The van der Waals surface area contributed by atoms with E-state index < -0.39 is 15.9 Å². The molecule has 0 aromatic rings. The van der Waals surface area contributed by atoms with Gasteiger partial charge in [0.05, 0.1) is 39.3 Å². The lowest BCUT2D eigenvalue weighted by Crippen LogP contribution is -2.45. The topological polar surface area (TPSA) is 80.3 Å². The van der Waals surface area contributed by atoms with Crippen molar-refractivity contribution in [1.29, 1.82) is 0 Å². The van der Waals surface area contributed by atoms with Crippen molar-refractivity contribution in [2.45, 2.75) is 90.6 Å². The average molecular weight is 593 g/mol. The van der Waals surface area contributed by atoms with Gasteiger partial charge >= 0.3 is 0 Å². The number of halogens is 1. The van der Waals surface area contributed by atoms with Gasteiger partial charge in [-0.05, 0) is 0 Å². The third-order valence-electron chi connectivity index (χ3n) is 5.59. The fourth-order valence-electron chi connectivity index (χ4n) is 4.01. The zero-order valence-corrected chi connectivity index (χ0v) is 23.7. The molecule has 0 radical (unpaired) electrons.